The highest BCUT2D eigenvalue weighted by molar-refractivity contribution is 6.00. The van der Waals surface area contributed by atoms with E-state index in [2.05, 4.69) is 19.2 Å². The van der Waals surface area contributed by atoms with Crippen LogP contribution in [-0.4, -0.2) is 11.7 Å². The molecule has 1 saturated carbocycles. The minimum Gasteiger partial charge on any atom is -0.326 e. The predicted octanol–water partition coefficient (Wildman–Crippen LogP) is 3.72. The Labute approximate surface area is 123 Å². The molecule has 1 aromatic rings. The van der Waals surface area contributed by atoms with Crippen molar-refractivity contribution >= 4 is 17.4 Å². The highest BCUT2D eigenvalue weighted by atomic mass is 19.1. The summed E-state index contributed by atoms with van der Waals surface area (Å²) >= 11 is 0. The molecule has 21 heavy (non-hydrogen) atoms. The number of aryl methyl sites for hydroxylation is 1. The lowest BCUT2D eigenvalue weighted by Crippen LogP contribution is -2.27. The Balaban J connectivity index is 1.96. The van der Waals surface area contributed by atoms with Crippen LogP contribution >= 0.6 is 0 Å². The van der Waals surface area contributed by atoms with Crippen LogP contribution in [0.15, 0.2) is 12.1 Å². The summed E-state index contributed by atoms with van der Waals surface area (Å²) in [6.45, 7) is 4.16. The summed E-state index contributed by atoms with van der Waals surface area (Å²) in [6.07, 6.45) is 3.81. The fraction of sp³-hybridized carbons (Fsp3) is 0.529. The first-order valence-corrected chi connectivity index (χ1v) is 7.55. The van der Waals surface area contributed by atoms with Gasteiger partial charge in [-0.15, -0.1) is 0 Å². The van der Waals surface area contributed by atoms with Gasteiger partial charge in [0.25, 0.3) is 0 Å². The van der Waals surface area contributed by atoms with Crippen LogP contribution in [0, 0.1) is 17.2 Å². The summed E-state index contributed by atoms with van der Waals surface area (Å²) in [5.74, 6) is -0.820. The van der Waals surface area contributed by atoms with Crippen LogP contribution in [0.3, 0.4) is 0 Å². The minimum atomic E-state index is -0.524. The molecule has 1 atom stereocenters. The molecule has 2 aliphatic rings. The number of anilines is 1. The molecular weight excluding hydrogens is 269 g/mol. The second kappa shape index (κ2) is 4.93. The van der Waals surface area contributed by atoms with Gasteiger partial charge >= 0.3 is 0 Å². The quantitative estimate of drug-likeness (QED) is 0.843. The van der Waals surface area contributed by atoms with Crippen molar-refractivity contribution in [1.29, 1.82) is 0 Å². The van der Waals surface area contributed by atoms with Crippen molar-refractivity contribution in [3.05, 3.63) is 29.1 Å². The van der Waals surface area contributed by atoms with Gasteiger partial charge in [-0.25, -0.2) is 4.39 Å². The maximum absolute atomic E-state index is 14.3. The Kier molecular flexibility index (Phi) is 3.34. The van der Waals surface area contributed by atoms with Crippen molar-refractivity contribution in [3.63, 3.8) is 0 Å². The number of carbonyl (C=O) groups is 2. The topological polar surface area (TPSA) is 46.2 Å². The molecule has 0 bridgehead atoms. The molecule has 3 nitrogen and oxygen atoms in total. The maximum Gasteiger partial charge on any atom is 0.224 e. The molecule has 1 amide bonds. The molecule has 0 radical (unpaired) electrons. The van der Waals surface area contributed by atoms with Crippen LogP contribution in [0.4, 0.5) is 10.1 Å². The largest absolute Gasteiger partial charge is 0.326 e. The lowest BCUT2D eigenvalue weighted by molar-refractivity contribution is -0.116. The first kappa shape index (κ1) is 14.2. The highest BCUT2D eigenvalue weighted by Gasteiger charge is 2.40. The van der Waals surface area contributed by atoms with E-state index in [0.717, 1.165) is 24.8 Å². The third-order valence-corrected chi connectivity index (χ3v) is 4.93. The molecule has 1 heterocycles. The Morgan fingerprint density at radius 2 is 2.10 bits per heavy atom. The minimum absolute atomic E-state index is 0.0619. The SMILES string of the molecule is CC1(C)CCCC1C(=O)c1cc2c(cc1F)NC(=O)CC2. The number of rotatable bonds is 2. The summed E-state index contributed by atoms with van der Waals surface area (Å²) in [5.41, 5.74) is 1.49. The molecular formula is C17H20FNO2. The second-order valence-electron chi connectivity index (χ2n) is 6.84. The molecule has 1 aliphatic carbocycles. The van der Waals surface area contributed by atoms with E-state index in [1.807, 2.05) is 0 Å². The number of benzene rings is 1. The molecule has 3 rings (SSSR count). The van der Waals surface area contributed by atoms with Gasteiger partial charge in [0.1, 0.15) is 5.82 Å². The van der Waals surface area contributed by atoms with Crippen LogP contribution < -0.4 is 5.32 Å². The first-order valence-electron chi connectivity index (χ1n) is 7.55. The standard InChI is InChI=1S/C17H20FNO2/c1-17(2)7-3-4-12(17)16(21)11-8-10-5-6-15(20)19-14(10)9-13(11)18/h8-9,12H,3-7H2,1-2H3,(H,19,20). The maximum atomic E-state index is 14.3. The number of carbonyl (C=O) groups excluding carboxylic acids is 2. The second-order valence-corrected chi connectivity index (χ2v) is 6.84. The van der Waals surface area contributed by atoms with Crippen molar-refractivity contribution < 1.29 is 14.0 Å². The van der Waals surface area contributed by atoms with Crippen LogP contribution in [-0.2, 0) is 11.2 Å². The third kappa shape index (κ3) is 2.47. The molecule has 0 saturated heterocycles. The first-order chi connectivity index (χ1) is 9.88. The summed E-state index contributed by atoms with van der Waals surface area (Å²) < 4.78 is 14.3. The Bertz CT molecular complexity index is 621. The molecule has 1 N–H and O–H groups in total. The van der Waals surface area contributed by atoms with Gasteiger partial charge < -0.3 is 5.32 Å². The Morgan fingerprint density at radius 3 is 2.76 bits per heavy atom. The Morgan fingerprint density at radius 1 is 1.33 bits per heavy atom. The summed E-state index contributed by atoms with van der Waals surface area (Å²) in [4.78, 5) is 24.1. The fourth-order valence-electron chi connectivity index (χ4n) is 3.59. The molecule has 0 aromatic heterocycles. The van der Waals surface area contributed by atoms with E-state index in [-0.39, 0.29) is 28.6 Å². The van der Waals surface area contributed by atoms with E-state index in [9.17, 15) is 14.0 Å². The van der Waals surface area contributed by atoms with Crippen LogP contribution in [0.25, 0.3) is 0 Å². The number of ketones is 1. The average molecular weight is 289 g/mol. The average Bonchev–Trinajstić information content (AvgIpc) is 2.76. The van der Waals surface area contributed by atoms with Crippen molar-refractivity contribution in [1.82, 2.24) is 0 Å². The van der Waals surface area contributed by atoms with Crippen LogP contribution in [0.1, 0.15) is 55.5 Å². The van der Waals surface area contributed by atoms with E-state index in [4.69, 9.17) is 0 Å². The number of nitrogens with one attached hydrogen (secondary N) is 1. The van der Waals surface area contributed by atoms with E-state index < -0.39 is 5.82 Å². The Hall–Kier alpha value is -1.71. The number of Topliss-reactive ketones (excluding diaryl/α,β-unsaturated/α-hetero) is 1. The van der Waals surface area contributed by atoms with Gasteiger partial charge in [-0.05, 0) is 42.4 Å². The van der Waals surface area contributed by atoms with Gasteiger partial charge in [0, 0.05) is 18.0 Å². The molecule has 1 unspecified atom stereocenters. The van der Waals surface area contributed by atoms with Crippen molar-refractivity contribution in [2.45, 2.75) is 46.0 Å². The number of hydrogen-bond donors (Lipinski definition) is 1. The summed E-state index contributed by atoms with van der Waals surface area (Å²) in [5, 5.41) is 2.66. The van der Waals surface area contributed by atoms with Crippen LogP contribution in [0.2, 0.25) is 0 Å². The summed E-state index contributed by atoms with van der Waals surface area (Å²) in [7, 11) is 0. The molecule has 4 heteroatoms. The van der Waals surface area contributed by atoms with Gasteiger partial charge in [0.05, 0.1) is 5.56 Å². The number of hydrogen-bond acceptors (Lipinski definition) is 2. The smallest absolute Gasteiger partial charge is 0.224 e. The van der Waals surface area contributed by atoms with E-state index in [0.29, 0.717) is 18.5 Å². The molecule has 1 fully saturated rings. The fourth-order valence-corrected chi connectivity index (χ4v) is 3.59. The normalized spacial score (nSPS) is 23.6. The predicted molar refractivity (Wildman–Crippen MR) is 78.8 cm³/mol. The molecule has 112 valence electrons. The van der Waals surface area contributed by atoms with Gasteiger partial charge in [-0.2, -0.15) is 0 Å². The van der Waals surface area contributed by atoms with Gasteiger partial charge in [0.2, 0.25) is 5.91 Å². The number of fused-ring (bicyclic) bond motifs is 1. The molecule has 1 aliphatic heterocycles. The molecule has 0 spiro atoms. The van der Waals surface area contributed by atoms with E-state index in [1.165, 1.54) is 6.07 Å². The van der Waals surface area contributed by atoms with E-state index >= 15 is 0 Å². The van der Waals surface area contributed by atoms with Gasteiger partial charge in [0.15, 0.2) is 5.78 Å². The lowest BCUT2D eigenvalue weighted by atomic mass is 9.77. The zero-order valence-corrected chi connectivity index (χ0v) is 12.5. The van der Waals surface area contributed by atoms with Crippen molar-refractivity contribution in [2.24, 2.45) is 11.3 Å². The number of amides is 1. The molecule has 1 aromatic carbocycles. The van der Waals surface area contributed by atoms with Crippen molar-refractivity contribution in [3.8, 4) is 0 Å². The zero-order valence-electron chi connectivity index (χ0n) is 12.5. The number of halogens is 1. The monoisotopic (exact) mass is 289 g/mol. The van der Waals surface area contributed by atoms with E-state index in [1.54, 1.807) is 6.07 Å². The van der Waals surface area contributed by atoms with Gasteiger partial charge in [-0.3, -0.25) is 9.59 Å². The zero-order chi connectivity index (χ0) is 15.2. The third-order valence-electron chi connectivity index (χ3n) is 4.93. The lowest BCUT2D eigenvalue weighted by Gasteiger charge is -2.26. The van der Waals surface area contributed by atoms with Crippen LogP contribution in [0.5, 0.6) is 0 Å². The highest BCUT2D eigenvalue weighted by Crippen LogP contribution is 2.44. The summed E-state index contributed by atoms with van der Waals surface area (Å²) in [6, 6.07) is 2.93. The van der Waals surface area contributed by atoms with Gasteiger partial charge in [-0.1, -0.05) is 20.3 Å². The van der Waals surface area contributed by atoms with Crippen molar-refractivity contribution in [2.75, 3.05) is 5.32 Å².